The Morgan fingerprint density at radius 2 is 1.94 bits per heavy atom. The average molecular weight is 308 g/mol. The number of benzene rings is 1. The number of nitrogens with zero attached hydrogens (tertiary/aromatic N) is 1. The monoisotopic (exact) mass is 307 g/mol. The molecule has 98 valence electrons. The van der Waals surface area contributed by atoms with Crippen molar-refractivity contribution in [1.29, 1.82) is 0 Å². The lowest BCUT2D eigenvalue weighted by Crippen LogP contribution is -2.41. The lowest BCUT2D eigenvalue weighted by atomic mass is 9.75. The summed E-state index contributed by atoms with van der Waals surface area (Å²) in [6.07, 6.45) is 7.34. The second-order valence-electron chi connectivity index (χ2n) is 5.96. The van der Waals surface area contributed by atoms with Gasteiger partial charge in [-0.25, -0.2) is 0 Å². The molecule has 0 aromatic heterocycles. The molecule has 1 saturated carbocycles. The molecule has 3 rings (SSSR count). The number of rotatable bonds is 2. The van der Waals surface area contributed by atoms with Crippen molar-refractivity contribution in [3.05, 3.63) is 34.3 Å². The highest BCUT2D eigenvalue weighted by atomic mass is 79.9. The second-order valence-corrected chi connectivity index (χ2v) is 6.87. The summed E-state index contributed by atoms with van der Waals surface area (Å²) in [5.41, 5.74) is 1.44. The van der Waals surface area contributed by atoms with E-state index in [-0.39, 0.29) is 0 Å². The molecule has 0 amide bonds. The highest BCUT2D eigenvalue weighted by molar-refractivity contribution is 9.10. The normalized spacial score (nSPS) is 28.9. The molecule has 1 saturated heterocycles. The number of hydrogen-bond donors (Lipinski definition) is 0. The van der Waals surface area contributed by atoms with Gasteiger partial charge in [0.25, 0.3) is 0 Å². The molecule has 0 radical (unpaired) electrons. The smallest absolute Gasteiger partial charge is 0.0234 e. The number of hydrogen-bond acceptors (Lipinski definition) is 1. The highest BCUT2D eigenvalue weighted by Crippen LogP contribution is 2.36. The third-order valence-electron chi connectivity index (χ3n) is 4.67. The van der Waals surface area contributed by atoms with Gasteiger partial charge in [0.05, 0.1) is 0 Å². The van der Waals surface area contributed by atoms with Gasteiger partial charge in [-0.05, 0) is 48.9 Å². The van der Waals surface area contributed by atoms with E-state index in [4.69, 9.17) is 0 Å². The highest BCUT2D eigenvalue weighted by Gasteiger charge is 2.30. The Morgan fingerprint density at radius 3 is 2.78 bits per heavy atom. The van der Waals surface area contributed by atoms with Gasteiger partial charge in [0, 0.05) is 17.6 Å². The molecule has 2 heteroatoms. The summed E-state index contributed by atoms with van der Waals surface area (Å²) >= 11 is 3.56. The van der Waals surface area contributed by atoms with Crippen LogP contribution in [0.1, 0.15) is 37.7 Å². The van der Waals surface area contributed by atoms with Gasteiger partial charge in [0.2, 0.25) is 0 Å². The van der Waals surface area contributed by atoms with E-state index in [1.54, 1.807) is 0 Å². The third-order valence-corrected chi connectivity index (χ3v) is 5.16. The largest absolute Gasteiger partial charge is 0.299 e. The van der Waals surface area contributed by atoms with Crippen LogP contribution < -0.4 is 0 Å². The molecule has 18 heavy (non-hydrogen) atoms. The summed E-state index contributed by atoms with van der Waals surface area (Å²) in [6.45, 7) is 3.76. The second kappa shape index (κ2) is 5.75. The minimum absolute atomic E-state index is 0.986. The van der Waals surface area contributed by atoms with Gasteiger partial charge >= 0.3 is 0 Å². The summed E-state index contributed by atoms with van der Waals surface area (Å²) < 4.78 is 1.20. The van der Waals surface area contributed by atoms with Gasteiger partial charge in [-0.3, -0.25) is 4.90 Å². The fourth-order valence-electron chi connectivity index (χ4n) is 3.71. The SMILES string of the molecule is Brc1cccc(CN2CCC3CCCCC3C2)c1. The first-order valence-electron chi connectivity index (χ1n) is 7.28. The van der Waals surface area contributed by atoms with Crippen molar-refractivity contribution in [3.8, 4) is 0 Å². The zero-order valence-corrected chi connectivity index (χ0v) is 12.5. The minimum Gasteiger partial charge on any atom is -0.299 e. The van der Waals surface area contributed by atoms with Crippen LogP contribution in [0.3, 0.4) is 0 Å². The molecule has 1 heterocycles. The third kappa shape index (κ3) is 2.97. The Morgan fingerprint density at radius 1 is 1.11 bits per heavy atom. The Labute approximate surface area is 119 Å². The summed E-state index contributed by atoms with van der Waals surface area (Å²) in [7, 11) is 0. The van der Waals surface area contributed by atoms with Gasteiger partial charge in [-0.1, -0.05) is 47.3 Å². The zero-order valence-electron chi connectivity index (χ0n) is 10.9. The fourth-order valence-corrected chi connectivity index (χ4v) is 4.16. The maximum atomic E-state index is 3.56. The first-order chi connectivity index (χ1) is 8.81. The quantitative estimate of drug-likeness (QED) is 0.779. The van der Waals surface area contributed by atoms with Gasteiger partial charge in [0.15, 0.2) is 0 Å². The zero-order chi connectivity index (χ0) is 12.4. The van der Waals surface area contributed by atoms with E-state index in [0.29, 0.717) is 0 Å². The van der Waals surface area contributed by atoms with Crippen molar-refractivity contribution in [2.45, 2.75) is 38.6 Å². The van der Waals surface area contributed by atoms with Crippen LogP contribution in [0.4, 0.5) is 0 Å². The van der Waals surface area contributed by atoms with Gasteiger partial charge in [0.1, 0.15) is 0 Å². The maximum Gasteiger partial charge on any atom is 0.0234 e. The van der Waals surface area contributed by atoms with E-state index >= 15 is 0 Å². The van der Waals surface area contributed by atoms with Crippen molar-refractivity contribution in [2.75, 3.05) is 13.1 Å². The molecule has 2 atom stereocenters. The van der Waals surface area contributed by atoms with Crippen LogP contribution in [-0.4, -0.2) is 18.0 Å². The average Bonchev–Trinajstić information content (AvgIpc) is 2.39. The molecular weight excluding hydrogens is 286 g/mol. The minimum atomic E-state index is 0.986. The van der Waals surface area contributed by atoms with Crippen molar-refractivity contribution in [2.24, 2.45) is 11.8 Å². The molecule has 1 aromatic carbocycles. The Balaban J connectivity index is 1.61. The summed E-state index contributed by atoms with van der Waals surface area (Å²) in [6, 6.07) is 8.76. The first kappa shape index (κ1) is 12.7. The summed E-state index contributed by atoms with van der Waals surface area (Å²) in [4.78, 5) is 2.66. The van der Waals surface area contributed by atoms with Crippen LogP contribution >= 0.6 is 15.9 Å². The molecule has 0 bridgehead atoms. The topological polar surface area (TPSA) is 3.24 Å². The van der Waals surface area contributed by atoms with E-state index < -0.39 is 0 Å². The van der Waals surface area contributed by atoms with E-state index in [0.717, 1.165) is 18.4 Å². The lowest BCUT2D eigenvalue weighted by Gasteiger charge is -2.41. The molecule has 2 fully saturated rings. The summed E-state index contributed by atoms with van der Waals surface area (Å²) in [5, 5.41) is 0. The van der Waals surface area contributed by atoms with Crippen molar-refractivity contribution in [1.82, 2.24) is 4.90 Å². The predicted molar refractivity (Wildman–Crippen MR) is 79.5 cm³/mol. The van der Waals surface area contributed by atoms with Crippen molar-refractivity contribution >= 4 is 15.9 Å². The van der Waals surface area contributed by atoms with E-state index in [9.17, 15) is 0 Å². The Bertz CT molecular complexity index is 404. The molecule has 0 N–H and O–H groups in total. The van der Waals surface area contributed by atoms with Crippen LogP contribution in [0.5, 0.6) is 0 Å². The van der Waals surface area contributed by atoms with Crippen LogP contribution in [0, 0.1) is 11.8 Å². The van der Waals surface area contributed by atoms with E-state index in [2.05, 4.69) is 45.1 Å². The van der Waals surface area contributed by atoms with Crippen LogP contribution in [0.15, 0.2) is 28.7 Å². The van der Waals surface area contributed by atoms with E-state index in [1.165, 1.54) is 55.2 Å². The number of fused-ring (bicyclic) bond motifs is 1. The van der Waals surface area contributed by atoms with Gasteiger partial charge < -0.3 is 0 Å². The molecule has 1 aliphatic carbocycles. The van der Waals surface area contributed by atoms with Crippen LogP contribution in [0.2, 0.25) is 0 Å². The molecule has 0 spiro atoms. The molecule has 2 aliphatic rings. The van der Waals surface area contributed by atoms with E-state index in [1.807, 2.05) is 0 Å². The molecular formula is C16H22BrN. The van der Waals surface area contributed by atoms with Crippen molar-refractivity contribution in [3.63, 3.8) is 0 Å². The molecule has 2 unspecified atom stereocenters. The Kier molecular flexibility index (Phi) is 4.05. The summed E-state index contributed by atoms with van der Waals surface area (Å²) in [5.74, 6) is 2.03. The molecule has 1 nitrogen and oxygen atoms in total. The van der Waals surface area contributed by atoms with Gasteiger partial charge in [-0.2, -0.15) is 0 Å². The number of piperidine rings is 1. The Hall–Kier alpha value is -0.340. The first-order valence-corrected chi connectivity index (χ1v) is 8.07. The predicted octanol–water partition coefficient (Wildman–Crippen LogP) is 4.46. The molecule has 1 aliphatic heterocycles. The van der Waals surface area contributed by atoms with Gasteiger partial charge in [-0.15, -0.1) is 0 Å². The van der Waals surface area contributed by atoms with Crippen LogP contribution in [-0.2, 0) is 6.54 Å². The number of halogens is 1. The van der Waals surface area contributed by atoms with Crippen LogP contribution in [0.25, 0.3) is 0 Å². The lowest BCUT2D eigenvalue weighted by molar-refractivity contribution is 0.0820. The molecule has 1 aromatic rings. The fraction of sp³-hybridized carbons (Fsp3) is 0.625. The standard InChI is InChI=1S/C16H22BrN/c17-16-7-3-4-13(10-16)11-18-9-8-14-5-1-2-6-15(14)12-18/h3-4,7,10,14-15H,1-2,5-6,8-9,11-12H2. The maximum absolute atomic E-state index is 3.56. The van der Waals surface area contributed by atoms with Crippen molar-refractivity contribution < 1.29 is 0 Å². The number of likely N-dealkylation sites (tertiary alicyclic amines) is 1.